The summed E-state index contributed by atoms with van der Waals surface area (Å²) < 4.78 is 10.7. The maximum absolute atomic E-state index is 12.0. The van der Waals surface area contributed by atoms with Crippen LogP contribution in [0.2, 0.25) is 0 Å². The van der Waals surface area contributed by atoms with Gasteiger partial charge in [-0.05, 0) is 30.5 Å². The summed E-state index contributed by atoms with van der Waals surface area (Å²) >= 11 is 0. The SMILES string of the molecule is CCCCC(NC(=O)COc1ccc2c(CCC)cc(=O)oc2c1)C(=O)O. The maximum atomic E-state index is 12.0. The first-order valence-electron chi connectivity index (χ1n) is 9.16. The molecule has 0 spiro atoms. The van der Waals surface area contributed by atoms with Crippen LogP contribution in [0.5, 0.6) is 5.75 Å². The van der Waals surface area contributed by atoms with E-state index in [9.17, 15) is 14.4 Å². The van der Waals surface area contributed by atoms with Gasteiger partial charge in [0, 0.05) is 17.5 Å². The molecular weight excluding hydrogens is 350 g/mol. The number of ether oxygens (including phenoxy) is 1. The van der Waals surface area contributed by atoms with Crippen molar-refractivity contribution in [1.82, 2.24) is 5.32 Å². The summed E-state index contributed by atoms with van der Waals surface area (Å²) in [6, 6.07) is 5.61. The molecule has 0 fully saturated rings. The highest BCUT2D eigenvalue weighted by atomic mass is 16.5. The molecule has 27 heavy (non-hydrogen) atoms. The lowest BCUT2D eigenvalue weighted by Crippen LogP contribution is -2.42. The number of aryl methyl sites for hydroxylation is 1. The summed E-state index contributed by atoms with van der Waals surface area (Å²) in [6.07, 6.45) is 3.60. The van der Waals surface area contributed by atoms with E-state index in [1.165, 1.54) is 6.07 Å². The van der Waals surface area contributed by atoms with Gasteiger partial charge in [0.2, 0.25) is 0 Å². The van der Waals surface area contributed by atoms with Crippen LogP contribution in [-0.2, 0) is 16.0 Å². The van der Waals surface area contributed by atoms with E-state index in [0.29, 0.717) is 24.2 Å². The number of fused-ring (bicyclic) bond motifs is 1. The molecule has 7 nitrogen and oxygen atoms in total. The molecule has 2 N–H and O–H groups in total. The summed E-state index contributed by atoms with van der Waals surface area (Å²) in [7, 11) is 0. The summed E-state index contributed by atoms with van der Waals surface area (Å²) in [4.78, 5) is 34.9. The van der Waals surface area contributed by atoms with Crippen molar-refractivity contribution in [2.75, 3.05) is 6.61 Å². The van der Waals surface area contributed by atoms with Gasteiger partial charge in [-0.15, -0.1) is 0 Å². The minimum atomic E-state index is -1.06. The number of amides is 1. The summed E-state index contributed by atoms with van der Waals surface area (Å²) in [5.41, 5.74) is 0.879. The van der Waals surface area contributed by atoms with Gasteiger partial charge in [0.25, 0.3) is 5.91 Å². The molecule has 0 bridgehead atoms. The van der Waals surface area contributed by atoms with Gasteiger partial charge in [-0.3, -0.25) is 4.79 Å². The quantitative estimate of drug-likeness (QED) is 0.619. The molecule has 0 aliphatic carbocycles. The third kappa shape index (κ3) is 5.84. The molecule has 0 radical (unpaired) electrons. The van der Waals surface area contributed by atoms with Crippen LogP contribution in [-0.4, -0.2) is 29.6 Å². The van der Waals surface area contributed by atoms with Crippen LogP contribution >= 0.6 is 0 Å². The van der Waals surface area contributed by atoms with E-state index in [1.54, 1.807) is 18.2 Å². The van der Waals surface area contributed by atoms with Gasteiger partial charge in [-0.1, -0.05) is 33.1 Å². The number of benzene rings is 1. The van der Waals surface area contributed by atoms with Crippen LogP contribution in [0.1, 0.15) is 45.1 Å². The zero-order chi connectivity index (χ0) is 19.8. The third-order valence-corrected chi connectivity index (χ3v) is 4.17. The first kappa shape index (κ1) is 20.5. The first-order chi connectivity index (χ1) is 12.9. The molecule has 2 aromatic rings. The number of carboxylic acid groups (broad SMARTS) is 1. The number of carbonyl (C=O) groups excluding carboxylic acids is 1. The lowest BCUT2D eigenvalue weighted by atomic mass is 10.1. The van der Waals surface area contributed by atoms with E-state index in [0.717, 1.165) is 30.2 Å². The molecule has 1 aromatic heterocycles. The fraction of sp³-hybridized carbons (Fsp3) is 0.450. The van der Waals surface area contributed by atoms with Gasteiger partial charge < -0.3 is 19.6 Å². The van der Waals surface area contributed by atoms with Gasteiger partial charge in [-0.25, -0.2) is 9.59 Å². The first-order valence-corrected chi connectivity index (χ1v) is 9.16. The Morgan fingerprint density at radius 2 is 2.00 bits per heavy atom. The number of aliphatic carboxylic acids is 1. The lowest BCUT2D eigenvalue weighted by Gasteiger charge is -2.14. The molecule has 2 rings (SSSR count). The molecule has 0 saturated heterocycles. The highest BCUT2D eigenvalue weighted by Gasteiger charge is 2.19. The standard InChI is InChI=1S/C20H25NO6/c1-3-5-7-16(20(24)25)21-18(22)12-26-14-8-9-15-13(6-4-2)10-19(23)27-17(15)11-14/h8-11,16H,3-7,12H2,1-2H3,(H,21,22)(H,24,25). The second kappa shape index (κ2) is 9.75. The van der Waals surface area contributed by atoms with Crippen LogP contribution in [0.4, 0.5) is 0 Å². The molecule has 0 aliphatic rings. The normalized spacial score (nSPS) is 11.9. The van der Waals surface area contributed by atoms with Gasteiger partial charge in [0.15, 0.2) is 6.61 Å². The molecule has 1 atom stereocenters. The third-order valence-electron chi connectivity index (χ3n) is 4.17. The summed E-state index contributed by atoms with van der Waals surface area (Å²) in [6.45, 7) is 3.66. The molecule has 7 heteroatoms. The molecular formula is C20H25NO6. The van der Waals surface area contributed by atoms with Gasteiger partial charge in [-0.2, -0.15) is 0 Å². The molecule has 0 aliphatic heterocycles. The van der Waals surface area contributed by atoms with E-state index < -0.39 is 23.5 Å². The Hall–Kier alpha value is -2.83. The smallest absolute Gasteiger partial charge is 0.336 e. The monoisotopic (exact) mass is 375 g/mol. The predicted molar refractivity (Wildman–Crippen MR) is 101 cm³/mol. The Morgan fingerprint density at radius 1 is 1.22 bits per heavy atom. The molecule has 1 amide bonds. The Labute approximate surface area is 157 Å². The highest BCUT2D eigenvalue weighted by Crippen LogP contribution is 2.23. The maximum Gasteiger partial charge on any atom is 0.336 e. The van der Waals surface area contributed by atoms with Gasteiger partial charge >= 0.3 is 11.6 Å². The van der Waals surface area contributed by atoms with Crippen LogP contribution in [0.25, 0.3) is 11.0 Å². The van der Waals surface area contributed by atoms with Crippen LogP contribution in [0, 0.1) is 0 Å². The van der Waals surface area contributed by atoms with Crippen molar-refractivity contribution in [2.45, 2.75) is 52.0 Å². The number of nitrogens with one attached hydrogen (secondary N) is 1. The number of carboxylic acids is 1. The second-order valence-corrected chi connectivity index (χ2v) is 6.39. The van der Waals surface area contributed by atoms with Crippen molar-refractivity contribution >= 4 is 22.8 Å². The van der Waals surface area contributed by atoms with E-state index in [2.05, 4.69) is 5.32 Å². The highest BCUT2D eigenvalue weighted by molar-refractivity contribution is 5.85. The summed E-state index contributed by atoms with van der Waals surface area (Å²) in [5, 5.41) is 12.4. The number of rotatable bonds is 10. The number of hydrogen-bond donors (Lipinski definition) is 2. The van der Waals surface area contributed by atoms with E-state index >= 15 is 0 Å². The molecule has 146 valence electrons. The Morgan fingerprint density at radius 3 is 2.67 bits per heavy atom. The van der Waals surface area contributed by atoms with Crippen LogP contribution < -0.4 is 15.7 Å². The topological polar surface area (TPSA) is 106 Å². The largest absolute Gasteiger partial charge is 0.484 e. The van der Waals surface area contributed by atoms with Crippen molar-refractivity contribution in [3.8, 4) is 5.75 Å². The second-order valence-electron chi connectivity index (χ2n) is 6.39. The van der Waals surface area contributed by atoms with Crippen LogP contribution in [0.3, 0.4) is 0 Å². The molecule has 1 aromatic carbocycles. The minimum Gasteiger partial charge on any atom is -0.484 e. The Bertz CT molecular complexity index is 857. The summed E-state index contributed by atoms with van der Waals surface area (Å²) in [5.74, 6) is -1.21. The molecule has 1 heterocycles. The van der Waals surface area contributed by atoms with E-state index in [4.69, 9.17) is 14.3 Å². The van der Waals surface area contributed by atoms with Gasteiger partial charge in [0.1, 0.15) is 17.4 Å². The van der Waals surface area contributed by atoms with Crippen molar-refractivity contribution in [3.63, 3.8) is 0 Å². The van der Waals surface area contributed by atoms with Crippen molar-refractivity contribution in [2.24, 2.45) is 0 Å². The average molecular weight is 375 g/mol. The molecule has 0 saturated carbocycles. The average Bonchev–Trinajstić information content (AvgIpc) is 2.63. The number of hydrogen-bond acceptors (Lipinski definition) is 5. The van der Waals surface area contributed by atoms with Crippen molar-refractivity contribution in [1.29, 1.82) is 0 Å². The Balaban J connectivity index is 2.05. The lowest BCUT2D eigenvalue weighted by molar-refractivity contribution is -0.142. The van der Waals surface area contributed by atoms with Crippen LogP contribution in [0.15, 0.2) is 33.5 Å². The molecule has 1 unspecified atom stereocenters. The zero-order valence-corrected chi connectivity index (χ0v) is 15.6. The fourth-order valence-electron chi connectivity index (χ4n) is 2.83. The fourth-order valence-corrected chi connectivity index (χ4v) is 2.83. The number of unbranched alkanes of at least 4 members (excludes halogenated alkanes) is 1. The zero-order valence-electron chi connectivity index (χ0n) is 15.6. The predicted octanol–water partition coefficient (Wildman–Crippen LogP) is 2.88. The van der Waals surface area contributed by atoms with E-state index in [-0.39, 0.29) is 6.61 Å². The number of carbonyl (C=O) groups is 2. The van der Waals surface area contributed by atoms with Crippen molar-refractivity contribution < 1.29 is 23.8 Å². The van der Waals surface area contributed by atoms with Gasteiger partial charge in [0.05, 0.1) is 0 Å². The van der Waals surface area contributed by atoms with E-state index in [1.807, 2.05) is 13.8 Å². The Kier molecular flexibility index (Phi) is 7.40. The van der Waals surface area contributed by atoms with Crippen molar-refractivity contribution in [3.05, 3.63) is 40.2 Å². The minimum absolute atomic E-state index is 0.319.